The minimum absolute atomic E-state index is 0.0707. The van der Waals surface area contributed by atoms with E-state index in [9.17, 15) is 22.8 Å². The van der Waals surface area contributed by atoms with E-state index in [0.717, 1.165) is 0 Å². The number of amides is 1. The van der Waals surface area contributed by atoms with Crippen molar-refractivity contribution in [2.24, 2.45) is 0 Å². The Labute approximate surface area is 132 Å². The number of nitrogens with one attached hydrogen (secondary N) is 1. The van der Waals surface area contributed by atoms with Crippen molar-refractivity contribution in [2.45, 2.75) is 12.6 Å². The van der Waals surface area contributed by atoms with Crippen LogP contribution >= 0.6 is 11.3 Å². The SMILES string of the molecule is O=C(O)CCNC(=O)c1sc(-c2ccccc2)nc1C(F)(F)F. The normalized spacial score (nSPS) is 11.3. The highest BCUT2D eigenvalue weighted by Crippen LogP contribution is 2.37. The number of halogens is 3. The van der Waals surface area contributed by atoms with Crippen LogP contribution in [0.1, 0.15) is 21.8 Å². The van der Waals surface area contributed by atoms with Gasteiger partial charge in [0.2, 0.25) is 0 Å². The zero-order chi connectivity index (χ0) is 17.0. The van der Waals surface area contributed by atoms with Gasteiger partial charge >= 0.3 is 12.1 Å². The number of benzene rings is 1. The van der Waals surface area contributed by atoms with Gasteiger partial charge in [-0.15, -0.1) is 11.3 Å². The van der Waals surface area contributed by atoms with Crippen LogP contribution in [-0.4, -0.2) is 28.5 Å². The van der Waals surface area contributed by atoms with E-state index in [2.05, 4.69) is 10.3 Å². The Morgan fingerprint density at radius 3 is 2.43 bits per heavy atom. The van der Waals surface area contributed by atoms with Crippen molar-refractivity contribution in [3.8, 4) is 10.6 Å². The van der Waals surface area contributed by atoms with Gasteiger partial charge in [0.1, 0.15) is 9.88 Å². The molecule has 0 fully saturated rings. The zero-order valence-corrected chi connectivity index (χ0v) is 12.4. The number of nitrogens with zero attached hydrogens (tertiary/aromatic N) is 1. The standard InChI is InChI=1S/C14H11F3N2O3S/c15-14(16,17)11-10(12(22)18-7-6-9(20)21)23-13(19-11)8-4-2-1-3-5-8/h1-5H,6-7H2,(H,18,22)(H,20,21). The number of carboxylic acid groups (broad SMARTS) is 1. The topological polar surface area (TPSA) is 79.3 Å². The van der Waals surface area contributed by atoms with Crippen molar-refractivity contribution in [2.75, 3.05) is 6.54 Å². The highest BCUT2D eigenvalue weighted by atomic mass is 32.1. The lowest BCUT2D eigenvalue weighted by Crippen LogP contribution is -2.27. The number of aromatic nitrogens is 1. The van der Waals surface area contributed by atoms with E-state index >= 15 is 0 Å². The zero-order valence-electron chi connectivity index (χ0n) is 11.6. The third-order valence-electron chi connectivity index (χ3n) is 2.75. The summed E-state index contributed by atoms with van der Waals surface area (Å²) < 4.78 is 39.2. The lowest BCUT2D eigenvalue weighted by Gasteiger charge is -2.06. The second-order valence-electron chi connectivity index (χ2n) is 4.46. The van der Waals surface area contributed by atoms with Crippen LogP contribution in [0.2, 0.25) is 0 Å². The smallest absolute Gasteiger partial charge is 0.435 e. The first-order valence-electron chi connectivity index (χ1n) is 6.42. The van der Waals surface area contributed by atoms with Gasteiger partial charge in [0.15, 0.2) is 5.69 Å². The number of thiazole rings is 1. The van der Waals surface area contributed by atoms with Crippen molar-refractivity contribution < 1.29 is 27.9 Å². The number of alkyl halides is 3. The van der Waals surface area contributed by atoms with Crippen molar-refractivity contribution in [1.29, 1.82) is 0 Å². The molecule has 2 rings (SSSR count). The Bertz CT molecular complexity index is 714. The fraction of sp³-hybridized carbons (Fsp3) is 0.214. The minimum Gasteiger partial charge on any atom is -0.481 e. The van der Waals surface area contributed by atoms with E-state index in [0.29, 0.717) is 16.9 Å². The first-order valence-corrected chi connectivity index (χ1v) is 7.24. The maximum Gasteiger partial charge on any atom is 0.435 e. The van der Waals surface area contributed by atoms with Gasteiger partial charge in [0.05, 0.1) is 6.42 Å². The molecule has 0 bridgehead atoms. The number of aliphatic carboxylic acids is 1. The summed E-state index contributed by atoms with van der Waals surface area (Å²) in [5.41, 5.74) is -0.804. The second-order valence-corrected chi connectivity index (χ2v) is 5.46. The van der Waals surface area contributed by atoms with Crippen LogP contribution in [0.25, 0.3) is 10.6 Å². The molecule has 1 amide bonds. The number of rotatable bonds is 5. The van der Waals surface area contributed by atoms with E-state index in [1.807, 2.05) is 0 Å². The lowest BCUT2D eigenvalue weighted by atomic mass is 10.2. The Kier molecular flexibility index (Phi) is 4.99. The van der Waals surface area contributed by atoms with E-state index in [1.165, 1.54) is 0 Å². The van der Waals surface area contributed by atoms with Crippen molar-refractivity contribution >= 4 is 23.2 Å². The molecule has 2 aromatic rings. The summed E-state index contributed by atoms with van der Waals surface area (Å²) in [7, 11) is 0. The highest BCUT2D eigenvalue weighted by Gasteiger charge is 2.39. The highest BCUT2D eigenvalue weighted by molar-refractivity contribution is 7.17. The summed E-state index contributed by atoms with van der Waals surface area (Å²) in [6.45, 7) is -0.260. The Balaban J connectivity index is 2.32. The second kappa shape index (κ2) is 6.78. The van der Waals surface area contributed by atoms with Gasteiger partial charge in [0, 0.05) is 12.1 Å². The summed E-state index contributed by atoms with van der Waals surface area (Å²) in [4.78, 5) is 25.2. The molecule has 0 spiro atoms. The summed E-state index contributed by atoms with van der Waals surface area (Å²) in [6.07, 6.45) is -5.15. The van der Waals surface area contributed by atoms with Gasteiger partial charge < -0.3 is 10.4 Å². The molecule has 9 heteroatoms. The molecule has 1 aromatic heterocycles. The third kappa shape index (κ3) is 4.28. The average molecular weight is 344 g/mol. The van der Waals surface area contributed by atoms with Crippen LogP contribution in [0.15, 0.2) is 30.3 Å². The van der Waals surface area contributed by atoms with Crippen molar-refractivity contribution in [1.82, 2.24) is 10.3 Å². The molecule has 122 valence electrons. The molecule has 0 saturated heterocycles. The molecular formula is C14H11F3N2O3S. The first kappa shape index (κ1) is 16.9. The number of carbonyl (C=O) groups is 2. The molecule has 0 aliphatic heterocycles. The summed E-state index contributed by atoms with van der Waals surface area (Å²) in [6, 6.07) is 8.19. The first-order chi connectivity index (χ1) is 10.8. The maximum atomic E-state index is 13.1. The van der Waals surface area contributed by atoms with Gasteiger partial charge in [-0.3, -0.25) is 9.59 Å². The molecule has 23 heavy (non-hydrogen) atoms. The van der Waals surface area contributed by atoms with Crippen LogP contribution in [0.5, 0.6) is 0 Å². The van der Waals surface area contributed by atoms with E-state index in [1.54, 1.807) is 30.3 Å². The van der Waals surface area contributed by atoms with E-state index in [-0.39, 0.29) is 18.0 Å². The van der Waals surface area contributed by atoms with Crippen LogP contribution in [0.3, 0.4) is 0 Å². The van der Waals surface area contributed by atoms with Gasteiger partial charge in [-0.25, -0.2) is 4.98 Å². The Morgan fingerprint density at radius 2 is 1.87 bits per heavy atom. The molecule has 5 nitrogen and oxygen atoms in total. The van der Waals surface area contributed by atoms with Gasteiger partial charge in [0.25, 0.3) is 5.91 Å². The summed E-state index contributed by atoms with van der Waals surface area (Å²) in [5.74, 6) is -2.14. The summed E-state index contributed by atoms with van der Waals surface area (Å²) >= 11 is 0.616. The van der Waals surface area contributed by atoms with E-state index in [4.69, 9.17) is 5.11 Å². The Hall–Kier alpha value is -2.42. The van der Waals surface area contributed by atoms with Crippen molar-refractivity contribution in [3.63, 3.8) is 0 Å². The molecule has 2 N–H and O–H groups in total. The van der Waals surface area contributed by atoms with Gasteiger partial charge in [-0.05, 0) is 0 Å². The largest absolute Gasteiger partial charge is 0.481 e. The number of carbonyl (C=O) groups excluding carboxylic acids is 1. The number of hydrogen-bond donors (Lipinski definition) is 2. The number of hydrogen-bond acceptors (Lipinski definition) is 4. The molecule has 0 radical (unpaired) electrons. The Morgan fingerprint density at radius 1 is 1.22 bits per heavy atom. The molecule has 0 unspecified atom stereocenters. The minimum atomic E-state index is -4.77. The van der Waals surface area contributed by atoms with Crippen molar-refractivity contribution in [3.05, 3.63) is 40.9 Å². The average Bonchev–Trinajstić information content (AvgIpc) is 2.93. The van der Waals surface area contributed by atoms with Crippen LogP contribution in [0.4, 0.5) is 13.2 Å². The van der Waals surface area contributed by atoms with Gasteiger partial charge in [-0.1, -0.05) is 30.3 Å². The van der Waals surface area contributed by atoms with E-state index < -0.39 is 28.6 Å². The third-order valence-corrected chi connectivity index (χ3v) is 3.85. The van der Waals surface area contributed by atoms with Gasteiger partial charge in [-0.2, -0.15) is 13.2 Å². The fourth-order valence-electron chi connectivity index (χ4n) is 1.73. The molecule has 0 aliphatic carbocycles. The molecular weight excluding hydrogens is 333 g/mol. The molecule has 1 heterocycles. The maximum absolute atomic E-state index is 13.1. The van der Waals surface area contributed by atoms with Crippen LogP contribution < -0.4 is 5.32 Å². The predicted octanol–water partition coefficient (Wildman–Crippen LogP) is 3.03. The molecule has 0 atom stereocenters. The molecule has 0 aliphatic rings. The van der Waals surface area contributed by atoms with Crippen LogP contribution in [0, 0.1) is 0 Å². The molecule has 1 aromatic carbocycles. The monoisotopic (exact) mass is 344 g/mol. The summed E-state index contributed by atoms with van der Waals surface area (Å²) in [5, 5.41) is 10.7. The molecule has 0 saturated carbocycles. The quantitative estimate of drug-likeness (QED) is 0.874. The lowest BCUT2D eigenvalue weighted by molar-refractivity contribution is -0.141. The fourth-order valence-corrected chi connectivity index (χ4v) is 2.74. The predicted molar refractivity (Wildman–Crippen MR) is 77.1 cm³/mol. The van der Waals surface area contributed by atoms with Crippen LogP contribution in [-0.2, 0) is 11.0 Å². The number of carboxylic acids is 1.